The lowest BCUT2D eigenvalue weighted by Crippen LogP contribution is -2.65. The summed E-state index contributed by atoms with van der Waals surface area (Å²) in [6.45, 7) is 2.25. The molecule has 0 bridgehead atoms. The normalized spacial score (nSPS) is 21.4. The van der Waals surface area contributed by atoms with Crippen LogP contribution in [0.5, 0.6) is 5.75 Å². The van der Waals surface area contributed by atoms with Crippen molar-refractivity contribution in [2.24, 2.45) is 0 Å². The van der Waals surface area contributed by atoms with Crippen LogP contribution in [0.4, 0.5) is 5.69 Å². The molecule has 1 N–H and O–H groups in total. The number of hydrogen-bond donors (Lipinski definition) is 1. The van der Waals surface area contributed by atoms with Gasteiger partial charge in [-0.1, -0.05) is 37.1 Å². The van der Waals surface area contributed by atoms with E-state index in [1.54, 1.807) is 12.0 Å². The SMILES string of the molecule is COc1cccc(N2C(=O)c3cc4ccccc4n3CC2(C)C(=O)NC2CCCC2)c1. The predicted octanol–water partition coefficient (Wildman–Crippen LogP) is 4.13. The number of rotatable bonds is 4. The second-order valence-electron chi connectivity index (χ2n) is 8.75. The molecule has 0 spiro atoms. The summed E-state index contributed by atoms with van der Waals surface area (Å²) in [5.74, 6) is 0.355. The van der Waals surface area contributed by atoms with Crippen molar-refractivity contribution < 1.29 is 14.3 Å². The van der Waals surface area contributed by atoms with Crippen LogP contribution in [0, 0.1) is 0 Å². The maximum atomic E-state index is 13.8. The maximum absolute atomic E-state index is 13.8. The molecule has 1 saturated carbocycles. The van der Waals surface area contributed by atoms with Gasteiger partial charge in [-0.2, -0.15) is 0 Å². The summed E-state index contributed by atoms with van der Waals surface area (Å²) in [7, 11) is 1.60. The molecular formula is C25H27N3O3. The number of aromatic nitrogens is 1. The Morgan fingerprint density at radius 1 is 1.10 bits per heavy atom. The van der Waals surface area contributed by atoms with Gasteiger partial charge >= 0.3 is 0 Å². The van der Waals surface area contributed by atoms with E-state index in [0.717, 1.165) is 36.6 Å². The van der Waals surface area contributed by atoms with Gasteiger partial charge < -0.3 is 14.6 Å². The Morgan fingerprint density at radius 3 is 2.65 bits per heavy atom. The lowest BCUT2D eigenvalue weighted by atomic mass is 9.93. The van der Waals surface area contributed by atoms with Crippen molar-refractivity contribution in [1.29, 1.82) is 0 Å². The third-order valence-corrected chi connectivity index (χ3v) is 6.68. The number of nitrogens with one attached hydrogen (secondary N) is 1. The first-order valence-electron chi connectivity index (χ1n) is 10.9. The first-order chi connectivity index (χ1) is 15.0. The number of methoxy groups -OCH3 is 1. The van der Waals surface area contributed by atoms with Crippen LogP contribution in [-0.4, -0.2) is 35.1 Å². The van der Waals surface area contributed by atoms with Crippen LogP contribution in [0.3, 0.4) is 0 Å². The van der Waals surface area contributed by atoms with Gasteiger partial charge in [-0.05, 0) is 44.0 Å². The number of para-hydroxylation sites is 1. The van der Waals surface area contributed by atoms with E-state index in [0.29, 0.717) is 23.7 Å². The van der Waals surface area contributed by atoms with E-state index in [4.69, 9.17) is 4.74 Å². The standard InChI is InChI=1S/C25H27N3O3/c1-25(24(30)26-18-9-4-5-10-18)16-27-21-13-6-3-8-17(21)14-22(27)23(29)28(25)19-11-7-12-20(15-19)31-2/h3,6-8,11-15,18H,4-5,9-10,16H2,1-2H3,(H,26,30). The van der Waals surface area contributed by atoms with E-state index >= 15 is 0 Å². The highest BCUT2D eigenvalue weighted by Crippen LogP contribution is 2.37. The summed E-state index contributed by atoms with van der Waals surface area (Å²) in [6, 6.07) is 17.4. The van der Waals surface area contributed by atoms with Crippen molar-refractivity contribution in [2.75, 3.05) is 12.0 Å². The lowest BCUT2D eigenvalue weighted by molar-refractivity contribution is -0.127. The molecule has 2 heterocycles. The molecule has 1 atom stereocenters. The Balaban J connectivity index is 1.64. The number of amides is 2. The van der Waals surface area contributed by atoms with E-state index in [-0.39, 0.29) is 17.9 Å². The molecule has 160 valence electrons. The number of hydrogen-bond acceptors (Lipinski definition) is 3. The molecule has 3 aromatic rings. The summed E-state index contributed by atoms with van der Waals surface area (Å²) >= 11 is 0. The zero-order chi connectivity index (χ0) is 21.6. The molecule has 0 saturated heterocycles. The Bertz CT molecular complexity index is 1160. The van der Waals surface area contributed by atoms with Crippen molar-refractivity contribution >= 4 is 28.4 Å². The second kappa shape index (κ2) is 7.45. The van der Waals surface area contributed by atoms with Gasteiger partial charge in [0.25, 0.3) is 5.91 Å². The summed E-state index contributed by atoms with van der Waals surface area (Å²) < 4.78 is 7.38. The number of nitrogens with zero attached hydrogens (tertiary/aromatic N) is 2. The third-order valence-electron chi connectivity index (χ3n) is 6.68. The molecule has 2 aromatic carbocycles. The van der Waals surface area contributed by atoms with Crippen LogP contribution >= 0.6 is 0 Å². The highest BCUT2D eigenvalue weighted by atomic mass is 16.5. The lowest BCUT2D eigenvalue weighted by Gasteiger charge is -2.44. The minimum absolute atomic E-state index is 0.112. The van der Waals surface area contributed by atoms with E-state index < -0.39 is 5.54 Å². The van der Waals surface area contributed by atoms with Crippen LogP contribution in [0.15, 0.2) is 54.6 Å². The smallest absolute Gasteiger partial charge is 0.275 e. The van der Waals surface area contributed by atoms with Crippen LogP contribution in [0.25, 0.3) is 10.9 Å². The summed E-state index contributed by atoms with van der Waals surface area (Å²) in [5, 5.41) is 4.23. The second-order valence-corrected chi connectivity index (χ2v) is 8.75. The molecule has 6 heteroatoms. The van der Waals surface area contributed by atoms with Crippen molar-refractivity contribution in [1.82, 2.24) is 9.88 Å². The Hall–Kier alpha value is -3.28. The van der Waals surface area contributed by atoms with Crippen LogP contribution in [-0.2, 0) is 11.3 Å². The van der Waals surface area contributed by atoms with Crippen molar-refractivity contribution in [3.05, 3.63) is 60.3 Å². The largest absolute Gasteiger partial charge is 0.497 e. The fourth-order valence-electron chi connectivity index (χ4n) is 5.01. The Morgan fingerprint density at radius 2 is 1.87 bits per heavy atom. The van der Waals surface area contributed by atoms with Gasteiger partial charge in [-0.25, -0.2) is 0 Å². The molecule has 2 aliphatic rings. The van der Waals surface area contributed by atoms with Gasteiger partial charge in [0.15, 0.2) is 0 Å². The first-order valence-corrected chi connectivity index (χ1v) is 10.9. The van der Waals surface area contributed by atoms with E-state index in [2.05, 4.69) is 5.32 Å². The van der Waals surface area contributed by atoms with E-state index in [9.17, 15) is 9.59 Å². The van der Waals surface area contributed by atoms with E-state index in [1.165, 1.54) is 0 Å². The molecule has 6 nitrogen and oxygen atoms in total. The van der Waals surface area contributed by atoms with Gasteiger partial charge in [-0.15, -0.1) is 0 Å². The first kappa shape index (κ1) is 19.7. The fourth-order valence-corrected chi connectivity index (χ4v) is 5.01. The fraction of sp³-hybridized carbons (Fsp3) is 0.360. The molecule has 1 aliphatic carbocycles. The molecule has 5 rings (SSSR count). The summed E-state index contributed by atoms with van der Waals surface area (Å²) in [6.07, 6.45) is 4.25. The zero-order valence-electron chi connectivity index (χ0n) is 17.9. The average Bonchev–Trinajstić information content (AvgIpc) is 3.42. The molecule has 2 amide bonds. The summed E-state index contributed by atoms with van der Waals surface area (Å²) in [4.78, 5) is 29.2. The molecule has 1 unspecified atom stereocenters. The number of fused-ring (bicyclic) bond motifs is 3. The average molecular weight is 418 g/mol. The quantitative estimate of drug-likeness (QED) is 0.694. The molecule has 31 heavy (non-hydrogen) atoms. The number of carbonyl (C=O) groups excluding carboxylic acids is 2. The zero-order valence-corrected chi connectivity index (χ0v) is 17.9. The number of carbonyl (C=O) groups is 2. The molecule has 1 aromatic heterocycles. The Labute approximate surface area is 181 Å². The highest BCUT2D eigenvalue weighted by Gasteiger charge is 2.49. The van der Waals surface area contributed by atoms with Crippen LogP contribution in [0.1, 0.15) is 43.1 Å². The summed E-state index contributed by atoms with van der Waals surface area (Å²) in [5.41, 5.74) is 1.15. The van der Waals surface area contributed by atoms with Crippen molar-refractivity contribution in [3.63, 3.8) is 0 Å². The number of anilines is 1. The van der Waals surface area contributed by atoms with Crippen LogP contribution in [0.2, 0.25) is 0 Å². The Kier molecular flexibility index (Phi) is 4.73. The molecular weight excluding hydrogens is 390 g/mol. The monoisotopic (exact) mass is 417 g/mol. The highest BCUT2D eigenvalue weighted by molar-refractivity contribution is 6.14. The minimum Gasteiger partial charge on any atom is -0.497 e. The van der Waals surface area contributed by atoms with Gasteiger partial charge in [0.1, 0.15) is 17.0 Å². The van der Waals surface area contributed by atoms with Crippen LogP contribution < -0.4 is 15.0 Å². The molecule has 1 aliphatic heterocycles. The topological polar surface area (TPSA) is 63.6 Å². The van der Waals surface area contributed by atoms with Gasteiger partial charge in [0.2, 0.25) is 5.91 Å². The predicted molar refractivity (Wildman–Crippen MR) is 121 cm³/mol. The molecule has 0 radical (unpaired) electrons. The van der Waals surface area contributed by atoms with E-state index in [1.807, 2.05) is 66.1 Å². The van der Waals surface area contributed by atoms with Crippen molar-refractivity contribution in [2.45, 2.75) is 50.7 Å². The van der Waals surface area contributed by atoms with Gasteiger partial charge in [0.05, 0.1) is 13.7 Å². The van der Waals surface area contributed by atoms with Gasteiger partial charge in [0, 0.05) is 28.7 Å². The minimum atomic E-state index is -1.07. The van der Waals surface area contributed by atoms with Crippen molar-refractivity contribution in [3.8, 4) is 5.75 Å². The molecule has 1 fully saturated rings. The maximum Gasteiger partial charge on any atom is 0.275 e. The number of ether oxygens (including phenoxy) is 1. The number of benzene rings is 2. The van der Waals surface area contributed by atoms with Gasteiger partial charge in [-0.3, -0.25) is 14.5 Å². The third kappa shape index (κ3) is 3.17.